The Morgan fingerprint density at radius 2 is 2.07 bits per heavy atom. The predicted molar refractivity (Wildman–Crippen MR) is 57.2 cm³/mol. The first kappa shape index (κ1) is 11.7. The maximum atomic E-state index is 9.20. The first-order valence-corrected chi connectivity index (χ1v) is 4.99. The lowest BCUT2D eigenvalue weighted by molar-refractivity contribution is 0.0406. The van der Waals surface area contributed by atoms with Crippen molar-refractivity contribution in [2.75, 3.05) is 13.2 Å². The molecule has 0 bridgehead atoms. The van der Waals surface area contributed by atoms with Gasteiger partial charge in [-0.2, -0.15) is 5.26 Å². The van der Waals surface area contributed by atoms with E-state index in [1.165, 1.54) is 5.56 Å². The molecule has 0 aromatic heterocycles. The molecular formula is C12H15NO2. The molecule has 1 rings (SSSR count). The number of benzene rings is 1. The third-order valence-electron chi connectivity index (χ3n) is 2.02. The van der Waals surface area contributed by atoms with Crippen molar-refractivity contribution in [2.24, 2.45) is 0 Å². The van der Waals surface area contributed by atoms with Gasteiger partial charge < -0.3 is 9.84 Å². The molecule has 0 amide bonds. The van der Waals surface area contributed by atoms with Gasteiger partial charge in [-0.25, -0.2) is 0 Å². The lowest BCUT2D eigenvalue weighted by Gasteiger charge is -2.07. The fourth-order valence-electron chi connectivity index (χ4n) is 1.22. The molecule has 1 aromatic carbocycles. The summed E-state index contributed by atoms with van der Waals surface area (Å²) in [4.78, 5) is 0. The molecule has 0 radical (unpaired) electrons. The zero-order valence-electron chi connectivity index (χ0n) is 8.60. The standard InChI is InChI=1S/C12H15NO2/c13-8-6-12(14)10-15-9-7-11-4-2-1-3-5-11/h1-5,12,14H,6-7,9-10H2/t12-/m0/s1. The number of rotatable bonds is 6. The van der Waals surface area contributed by atoms with Crippen molar-refractivity contribution in [2.45, 2.75) is 18.9 Å². The number of hydrogen-bond acceptors (Lipinski definition) is 3. The summed E-state index contributed by atoms with van der Waals surface area (Å²) in [5, 5.41) is 17.5. The smallest absolute Gasteiger partial charge is 0.0903 e. The summed E-state index contributed by atoms with van der Waals surface area (Å²) < 4.78 is 5.25. The van der Waals surface area contributed by atoms with E-state index >= 15 is 0 Å². The Balaban J connectivity index is 2.10. The Hall–Kier alpha value is -1.37. The Morgan fingerprint density at radius 1 is 1.33 bits per heavy atom. The van der Waals surface area contributed by atoms with E-state index < -0.39 is 6.10 Å². The molecule has 1 N–H and O–H groups in total. The molecule has 1 aromatic rings. The van der Waals surface area contributed by atoms with Crippen LogP contribution in [0.2, 0.25) is 0 Å². The molecule has 15 heavy (non-hydrogen) atoms. The Morgan fingerprint density at radius 3 is 2.73 bits per heavy atom. The number of ether oxygens (including phenoxy) is 1. The first-order chi connectivity index (χ1) is 7.33. The molecule has 0 aliphatic carbocycles. The van der Waals surface area contributed by atoms with Crippen molar-refractivity contribution >= 4 is 0 Å². The number of nitriles is 1. The summed E-state index contributed by atoms with van der Waals surface area (Å²) in [6.45, 7) is 0.812. The molecule has 1 atom stereocenters. The molecule has 80 valence electrons. The van der Waals surface area contributed by atoms with E-state index in [-0.39, 0.29) is 13.0 Å². The number of nitrogens with zero attached hydrogens (tertiary/aromatic N) is 1. The molecule has 0 heterocycles. The summed E-state index contributed by atoms with van der Waals surface area (Å²) in [5.74, 6) is 0. The highest BCUT2D eigenvalue weighted by atomic mass is 16.5. The van der Waals surface area contributed by atoms with E-state index in [1.807, 2.05) is 36.4 Å². The minimum atomic E-state index is -0.661. The molecule has 0 unspecified atom stereocenters. The highest BCUT2D eigenvalue weighted by molar-refractivity contribution is 5.14. The lowest BCUT2D eigenvalue weighted by Crippen LogP contribution is -2.15. The quantitative estimate of drug-likeness (QED) is 0.716. The summed E-state index contributed by atoms with van der Waals surface area (Å²) >= 11 is 0. The van der Waals surface area contributed by atoms with Crippen LogP contribution in [0.15, 0.2) is 30.3 Å². The first-order valence-electron chi connectivity index (χ1n) is 4.99. The van der Waals surface area contributed by atoms with Gasteiger partial charge in [-0.05, 0) is 12.0 Å². The van der Waals surface area contributed by atoms with Crippen LogP contribution in [0.5, 0.6) is 0 Å². The van der Waals surface area contributed by atoms with Gasteiger partial charge >= 0.3 is 0 Å². The van der Waals surface area contributed by atoms with Crippen molar-refractivity contribution in [1.82, 2.24) is 0 Å². The van der Waals surface area contributed by atoms with Crippen LogP contribution in [-0.2, 0) is 11.2 Å². The zero-order chi connectivity index (χ0) is 10.9. The van der Waals surface area contributed by atoms with E-state index in [2.05, 4.69) is 0 Å². The SMILES string of the molecule is N#CC[C@H](O)COCCc1ccccc1. The summed E-state index contributed by atoms with van der Waals surface area (Å²) in [6, 6.07) is 11.9. The molecule has 0 spiro atoms. The average molecular weight is 205 g/mol. The van der Waals surface area contributed by atoms with Crippen LogP contribution in [-0.4, -0.2) is 24.4 Å². The van der Waals surface area contributed by atoms with Gasteiger partial charge in [-0.3, -0.25) is 0 Å². The van der Waals surface area contributed by atoms with Crippen molar-refractivity contribution < 1.29 is 9.84 Å². The van der Waals surface area contributed by atoms with Crippen molar-refractivity contribution in [3.63, 3.8) is 0 Å². The monoisotopic (exact) mass is 205 g/mol. The number of hydrogen-bond donors (Lipinski definition) is 1. The molecule has 0 saturated heterocycles. The van der Waals surface area contributed by atoms with Gasteiger partial charge in [0.15, 0.2) is 0 Å². The summed E-state index contributed by atoms with van der Waals surface area (Å²) in [5.41, 5.74) is 1.22. The van der Waals surface area contributed by atoms with E-state index in [0.717, 1.165) is 6.42 Å². The van der Waals surface area contributed by atoms with Crippen molar-refractivity contribution in [3.05, 3.63) is 35.9 Å². The highest BCUT2D eigenvalue weighted by Gasteiger charge is 2.02. The third kappa shape index (κ3) is 5.16. The van der Waals surface area contributed by atoms with Gasteiger partial charge in [-0.1, -0.05) is 30.3 Å². The van der Waals surface area contributed by atoms with Gasteiger partial charge in [0.05, 0.1) is 31.8 Å². The van der Waals surface area contributed by atoms with E-state index in [0.29, 0.717) is 6.61 Å². The molecule has 0 fully saturated rings. The fourth-order valence-corrected chi connectivity index (χ4v) is 1.22. The van der Waals surface area contributed by atoms with Crippen LogP contribution < -0.4 is 0 Å². The molecular weight excluding hydrogens is 190 g/mol. The molecule has 0 aliphatic rings. The van der Waals surface area contributed by atoms with Crippen LogP contribution in [0.4, 0.5) is 0 Å². The van der Waals surface area contributed by atoms with Crippen LogP contribution in [0.25, 0.3) is 0 Å². The Labute approximate surface area is 89.9 Å². The maximum absolute atomic E-state index is 9.20. The van der Waals surface area contributed by atoms with E-state index in [1.54, 1.807) is 0 Å². The van der Waals surface area contributed by atoms with Gasteiger partial charge in [0.25, 0.3) is 0 Å². The Kier molecular flexibility index (Phi) is 5.46. The lowest BCUT2D eigenvalue weighted by atomic mass is 10.2. The van der Waals surface area contributed by atoms with Crippen molar-refractivity contribution in [3.8, 4) is 6.07 Å². The minimum absolute atomic E-state index is 0.130. The van der Waals surface area contributed by atoms with E-state index in [9.17, 15) is 5.11 Å². The van der Waals surface area contributed by atoms with Crippen molar-refractivity contribution in [1.29, 1.82) is 5.26 Å². The Bertz CT molecular complexity index is 305. The highest BCUT2D eigenvalue weighted by Crippen LogP contribution is 2.00. The van der Waals surface area contributed by atoms with E-state index in [4.69, 9.17) is 10.00 Å². The molecule has 0 saturated carbocycles. The second kappa shape index (κ2) is 6.99. The van der Waals surface area contributed by atoms with Crippen LogP contribution in [0.3, 0.4) is 0 Å². The number of aliphatic hydroxyl groups is 1. The molecule has 3 heteroatoms. The fraction of sp³-hybridized carbons (Fsp3) is 0.417. The molecule has 0 aliphatic heterocycles. The van der Waals surface area contributed by atoms with Gasteiger partial charge in [0.1, 0.15) is 0 Å². The van der Waals surface area contributed by atoms with Crippen LogP contribution >= 0.6 is 0 Å². The predicted octanol–water partition coefficient (Wildman–Crippen LogP) is 1.52. The second-order valence-corrected chi connectivity index (χ2v) is 3.33. The van der Waals surface area contributed by atoms with Crippen LogP contribution in [0.1, 0.15) is 12.0 Å². The normalized spacial score (nSPS) is 12.0. The second-order valence-electron chi connectivity index (χ2n) is 3.33. The van der Waals surface area contributed by atoms with Crippen LogP contribution in [0, 0.1) is 11.3 Å². The maximum Gasteiger partial charge on any atom is 0.0903 e. The summed E-state index contributed by atoms with van der Waals surface area (Å²) in [7, 11) is 0. The number of aliphatic hydroxyl groups excluding tert-OH is 1. The third-order valence-corrected chi connectivity index (χ3v) is 2.02. The molecule has 3 nitrogen and oxygen atoms in total. The van der Waals surface area contributed by atoms with Gasteiger partial charge in [0.2, 0.25) is 0 Å². The largest absolute Gasteiger partial charge is 0.390 e. The summed E-state index contributed by atoms with van der Waals surface area (Å²) in [6.07, 6.45) is 0.302. The minimum Gasteiger partial charge on any atom is -0.390 e. The zero-order valence-corrected chi connectivity index (χ0v) is 8.60. The topological polar surface area (TPSA) is 53.2 Å². The van der Waals surface area contributed by atoms with Gasteiger partial charge in [-0.15, -0.1) is 0 Å². The average Bonchev–Trinajstić information content (AvgIpc) is 2.26. The van der Waals surface area contributed by atoms with Gasteiger partial charge in [0, 0.05) is 0 Å².